The van der Waals surface area contributed by atoms with Crippen molar-refractivity contribution in [2.45, 2.75) is 43.2 Å². The molecule has 6 aliphatic rings. The van der Waals surface area contributed by atoms with Crippen molar-refractivity contribution in [2.75, 3.05) is 0 Å². The summed E-state index contributed by atoms with van der Waals surface area (Å²) in [5, 5.41) is 0. The van der Waals surface area contributed by atoms with Crippen molar-refractivity contribution in [1.82, 2.24) is 0 Å². The Balaban J connectivity index is 1.72. The molecule has 6 fully saturated rings. The molecule has 2 nitrogen and oxygen atoms in total. The standard InChI is InChI=1S/C10H12O2/c1-4-5-2-10(3-7(5)12-10)8(4)9-6(1)11-9/h4-9H,1-3H2. The molecule has 2 heteroatoms. The molecule has 7 atom stereocenters. The average molecular weight is 164 g/mol. The Morgan fingerprint density at radius 3 is 2.83 bits per heavy atom. The fourth-order valence-corrected chi connectivity index (χ4v) is 4.76. The molecular formula is C10H12O2. The molecule has 0 amide bonds. The van der Waals surface area contributed by atoms with Crippen LogP contribution in [0, 0.1) is 17.8 Å². The summed E-state index contributed by atoms with van der Waals surface area (Å²) in [6, 6.07) is 0. The zero-order chi connectivity index (χ0) is 7.50. The third-order valence-electron chi connectivity index (χ3n) is 5.09. The van der Waals surface area contributed by atoms with Crippen LogP contribution < -0.4 is 0 Å². The van der Waals surface area contributed by atoms with Crippen LogP contribution >= 0.6 is 0 Å². The molecule has 7 unspecified atom stereocenters. The lowest BCUT2D eigenvalue weighted by atomic mass is 9.73. The van der Waals surface area contributed by atoms with Gasteiger partial charge in [-0.15, -0.1) is 0 Å². The quantitative estimate of drug-likeness (QED) is 0.497. The molecule has 0 aromatic rings. The SMILES string of the molecule is C1C2OC2C2C1C1CC23CC1O3. The Morgan fingerprint density at radius 1 is 1.08 bits per heavy atom. The van der Waals surface area contributed by atoms with Crippen LogP contribution in [0.1, 0.15) is 19.3 Å². The van der Waals surface area contributed by atoms with Crippen molar-refractivity contribution < 1.29 is 9.47 Å². The van der Waals surface area contributed by atoms with E-state index in [9.17, 15) is 0 Å². The molecule has 3 heterocycles. The number of ether oxygens (including phenoxy) is 2. The summed E-state index contributed by atoms with van der Waals surface area (Å²) in [6.07, 6.45) is 6.06. The van der Waals surface area contributed by atoms with E-state index in [2.05, 4.69) is 0 Å². The van der Waals surface area contributed by atoms with E-state index in [0.717, 1.165) is 17.8 Å². The number of hydrogen-bond acceptors (Lipinski definition) is 2. The summed E-state index contributed by atoms with van der Waals surface area (Å²) in [6.45, 7) is 0. The molecule has 0 radical (unpaired) electrons. The third kappa shape index (κ3) is 0.359. The highest BCUT2D eigenvalue weighted by Gasteiger charge is 2.78. The van der Waals surface area contributed by atoms with Crippen LogP contribution in [0.15, 0.2) is 0 Å². The van der Waals surface area contributed by atoms with Gasteiger partial charge < -0.3 is 9.47 Å². The van der Waals surface area contributed by atoms with Gasteiger partial charge in [-0.05, 0) is 24.7 Å². The van der Waals surface area contributed by atoms with E-state index >= 15 is 0 Å². The number of epoxide rings is 1. The van der Waals surface area contributed by atoms with E-state index < -0.39 is 0 Å². The molecular weight excluding hydrogens is 152 g/mol. The molecule has 0 aromatic carbocycles. The van der Waals surface area contributed by atoms with Crippen molar-refractivity contribution in [1.29, 1.82) is 0 Å². The van der Waals surface area contributed by atoms with Gasteiger partial charge in [-0.25, -0.2) is 0 Å². The summed E-state index contributed by atoms with van der Waals surface area (Å²) < 4.78 is 11.6. The minimum absolute atomic E-state index is 0.343. The van der Waals surface area contributed by atoms with E-state index in [-0.39, 0.29) is 0 Å². The van der Waals surface area contributed by atoms with E-state index in [1.807, 2.05) is 0 Å². The number of hydrogen-bond donors (Lipinski definition) is 0. The molecule has 64 valence electrons. The molecule has 3 saturated heterocycles. The van der Waals surface area contributed by atoms with Crippen molar-refractivity contribution in [3.8, 4) is 0 Å². The predicted octanol–water partition coefficient (Wildman–Crippen LogP) is 0.951. The second-order valence-electron chi connectivity index (χ2n) is 5.36. The van der Waals surface area contributed by atoms with Crippen LogP contribution in [0.3, 0.4) is 0 Å². The van der Waals surface area contributed by atoms with Crippen molar-refractivity contribution >= 4 is 0 Å². The topological polar surface area (TPSA) is 21.8 Å². The van der Waals surface area contributed by atoms with Gasteiger partial charge in [-0.3, -0.25) is 0 Å². The zero-order valence-corrected chi connectivity index (χ0v) is 6.90. The van der Waals surface area contributed by atoms with Crippen LogP contribution in [-0.2, 0) is 9.47 Å². The summed E-state index contributed by atoms with van der Waals surface area (Å²) in [5.74, 6) is 2.75. The lowest BCUT2D eigenvalue weighted by Gasteiger charge is -2.49. The summed E-state index contributed by atoms with van der Waals surface area (Å²) in [5.41, 5.74) is 0.343. The van der Waals surface area contributed by atoms with Crippen LogP contribution in [-0.4, -0.2) is 23.9 Å². The first-order valence-electron chi connectivity index (χ1n) is 5.21. The summed E-state index contributed by atoms with van der Waals surface area (Å²) >= 11 is 0. The number of fused-ring (bicyclic) bond motifs is 3. The first-order chi connectivity index (χ1) is 5.87. The highest BCUT2D eigenvalue weighted by atomic mass is 16.6. The van der Waals surface area contributed by atoms with Gasteiger partial charge in [-0.1, -0.05) is 0 Å². The molecule has 0 N–H and O–H groups in total. The molecule has 0 aromatic heterocycles. The van der Waals surface area contributed by atoms with Gasteiger partial charge in [0, 0.05) is 12.3 Å². The second kappa shape index (κ2) is 1.28. The van der Waals surface area contributed by atoms with Crippen molar-refractivity contribution in [3.63, 3.8) is 0 Å². The van der Waals surface area contributed by atoms with Crippen molar-refractivity contribution in [2.24, 2.45) is 17.8 Å². The fourth-order valence-electron chi connectivity index (χ4n) is 4.76. The van der Waals surface area contributed by atoms with E-state index in [1.54, 1.807) is 0 Å². The highest BCUT2D eigenvalue weighted by Crippen LogP contribution is 2.73. The van der Waals surface area contributed by atoms with Crippen LogP contribution in [0.2, 0.25) is 0 Å². The highest BCUT2D eigenvalue weighted by molar-refractivity contribution is 5.26. The van der Waals surface area contributed by atoms with E-state index in [1.165, 1.54) is 19.3 Å². The first-order valence-corrected chi connectivity index (χ1v) is 5.21. The largest absolute Gasteiger partial charge is 0.371 e. The van der Waals surface area contributed by atoms with Crippen LogP contribution in [0.5, 0.6) is 0 Å². The minimum atomic E-state index is 0.343. The molecule has 3 aliphatic carbocycles. The molecule has 3 bridgehead atoms. The van der Waals surface area contributed by atoms with Crippen LogP contribution in [0.4, 0.5) is 0 Å². The molecule has 3 saturated carbocycles. The van der Waals surface area contributed by atoms with Crippen molar-refractivity contribution in [3.05, 3.63) is 0 Å². The fraction of sp³-hybridized carbons (Fsp3) is 1.00. The maximum Gasteiger partial charge on any atom is 0.0900 e. The van der Waals surface area contributed by atoms with Gasteiger partial charge in [0.25, 0.3) is 0 Å². The Morgan fingerprint density at radius 2 is 2.00 bits per heavy atom. The van der Waals surface area contributed by atoms with E-state index in [0.29, 0.717) is 23.9 Å². The molecule has 6 rings (SSSR count). The Hall–Kier alpha value is -0.0800. The lowest BCUT2D eigenvalue weighted by molar-refractivity contribution is -0.227. The molecule has 1 spiro atoms. The Labute approximate surface area is 71.2 Å². The van der Waals surface area contributed by atoms with Gasteiger partial charge in [0.05, 0.1) is 23.9 Å². The average Bonchev–Trinajstić information content (AvgIpc) is 2.49. The summed E-state index contributed by atoms with van der Waals surface area (Å²) in [7, 11) is 0. The predicted molar refractivity (Wildman–Crippen MR) is 40.6 cm³/mol. The minimum Gasteiger partial charge on any atom is -0.371 e. The lowest BCUT2D eigenvalue weighted by Crippen LogP contribution is -2.55. The second-order valence-corrected chi connectivity index (χ2v) is 5.36. The van der Waals surface area contributed by atoms with Gasteiger partial charge in [0.1, 0.15) is 0 Å². The van der Waals surface area contributed by atoms with Gasteiger partial charge >= 0.3 is 0 Å². The molecule has 3 aliphatic heterocycles. The Bertz CT molecular complexity index is 282. The third-order valence-corrected chi connectivity index (χ3v) is 5.09. The van der Waals surface area contributed by atoms with Gasteiger partial charge in [0.2, 0.25) is 0 Å². The normalized spacial score (nSPS) is 80.0. The maximum absolute atomic E-state index is 5.97. The van der Waals surface area contributed by atoms with Gasteiger partial charge in [0.15, 0.2) is 0 Å². The number of rotatable bonds is 0. The maximum atomic E-state index is 5.97. The zero-order valence-electron chi connectivity index (χ0n) is 6.90. The first kappa shape index (κ1) is 5.61. The van der Waals surface area contributed by atoms with E-state index in [4.69, 9.17) is 9.47 Å². The Kier molecular flexibility index (Phi) is 0.600. The monoisotopic (exact) mass is 164 g/mol. The summed E-state index contributed by atoms with van der Waals surface area (Å²) in [4.78, 5) is 0. The smallest absolute Gasteiger partial charge is 0.0900 e. The molecule has 12 heavy (non-hydrogen) atoms. The van der Waals surface area contributed by atoms with Crippen LogP contribution in [0.25, 0.3) is 0 Å². The van der Waals surface area contributed by atoms with Gasteiger partial charge in [-0.2, -0.15) is 0 Å².